The zero-order valence-electron chi connectivity index (χ0n) is 11.2. The topological polar surface area (TPSA) is 47.7 Å². The molecule has 1 aliphatic heterocycles. The lowest BCUT2D eigenvalue weighted by atomic mass is 10.2. The lowest BCUT2D eigenvalue weighted by molar-refractivity contribution is -0.0512. The highest BCUT2D eigenvalue weighted by molar-refractivity contribution is 5.85. The lowest BCUT2D eigenvalue weighted by Crippen LogP contribution is -2.26. The van der Waals surface area contributed by atoms with Crippen LogP contribution in [-0.4, -0.2) is 37.8 Å². The average Bonchev–Trinajstić information content (AvgIpc) is 2.74. The van der Waals surface area contributed by atoms with E-state index in [9.17, 15) is 8.78 Å². The van der Waals surface area contributed by atoms with Gasteiger partial charge in [0, 0.05) is 25.7 Å². The van der Waals surface area contributed by atoms with Crippen LogP contribution in [0.4, 0.5) is 8.78 Å². The van der Waals surface area contributed by atoms with E-state index in [1.807, 2.05) is 6.07 Å². The van der Waals surface area contributed by atoms with Crippen LogP contribution in [0, 0.1) is 0 Å². The molecule has 1 aromatic rings. The third-order valence-electron chi connectivity index (χ3n) is 3.16. The summed E-state index contributed by atoms with van der Waals surface area (Å²) < 4.78 is 34.1. The number of hydrogen-bond acceptors (Lipinski definition) is 4. The number of halogens is 3. The Morgan fingerprint density at radius 1 is 1.40 bits per heavy atom. The summed E-state index contributed by atoms with van der Waals surface area (Å²) >= 11 is 0. The van der Waals surface area contributed by atoms with E-state index in [2.05, 4.69) is 9.64 Å². The molecule has 1 unspecified atom stereocenters. The standard InChI is InChI=1S/C13H18F2N2O2.ClH/c1-18-11-3-2-9(6-12(11)19-13(14)15)7-17-5-4-10(16)8-17;/h2-3,6,10,13H,4-5,7-8,16H2,1H3;1H. The van der Waals surface area contributed by atoms with Crippen LogP contribution in [0.15, 0.2) is 18.2 Å². The number of ether oxygens (including phenoxy) is 2. The van der Waals surface area contributed by atoms with E-state index in [1.165, 1.54) is 7.11 Å². The van der Waals surface area contributed by atoms with Gasteiger partial charge in [-0.2, -0.15) is 8.78 Å². The Morgan fingerprint density at radius 2 is 2.15 bits per heavy atom. The fourth-order valence-corrected chi connectivity index (χ4v) is 2.27. The van der Waals surface area contributed by atoms with Gasteiger partial charge in [0.2, 0.25) is 0 Å². The van der Waals surface area contributed by atoms with Crippen LogP contribution in [0.5, 0.6) is 11.5 Å². The van der Waals surface area contributed by atoms with E-state index in [0.717, 1.165) is 25.1 Å². The van der Waals surface area contributed by atoms with E-state index in [4.69, 9.17) is 10.5 Å². The van der Waals surface area contributed by atoms with Crippen LogP contribution in [-0.2, 0) is 6.54 Å². The molecule has 1 aromatic carbocycles. The van der Waals surface area contributed by atoms with Gasteiger partial charge in [-0.1, -0.05) is 6.07 Å². The largest absolute Gasteiger partial charge is 0.493 e. The summed E-state index contributed by atoms with van der Waals surface area (Å²) in [6, 6.07) is 5.29. The van der Waals surface area contributed by atoms with Crippen LogP contribution < -0.4 is 15.2 Å². The molecule has 1 fully saturated rings. The monoisotopic (exact) mass is 308 g/mol. The highest BCUT2D eigenvalue weighted by Gasteiger charge is 2.19. The summed E-state index contributed by atoms with van der Waals surface area (Å²) in [5, 5.41) is 0. The van der Waals surface area contributed by atoms with E-state index in [-0.39, 0.29) is 24.2 Å². The van der Waals surface area contributed by atoms with Crippen molar-refractivity contribution in [1.29, 1.82) is 0 Å². The molecule has 0 spiro atoms. The zero-order valence-corrected chi connectivity index (χ0v) is 12.0. The minimum absolute atomic E-state index is 0. The third kappa shape index (κ3) is 4.47. The van der Waals surface area contributed by atoms with E-state index < -0.39 is 6.61 Å². The number of likely N-dealkylation sites (tertiary alicyclic amines) is 1. The first-order valence-electron chi connectivity index (χ1n) is 6.18. The molecule has 1 heterocycles. The summed E-state index contributed by atoms with van der Waals surface area (Å²) in [6.45, 7) is -0.420. The SMILES string of the molecule is COc1ccc(CN2CCC(N)C2)cc1OC(F)F.Cl. The molecular weight excluding hydrogens is 290 g/mol. The molecule has 0 amide bonds. The highest BCUT2D eigenvalue weighted by Crippen LogP contribution is 2.30. The quantitative estimate of drug-likeness (QED) is 0.906. The Balaban J connectivity index is 0.00000200. The van der Waals surface area contributed by atoms with E-state index >= 15 is 0 Å². The molecule has 0 aliphatic carbocycles. The first-order valence-corrected chi connectivity index (χ1v) is 6.18. The zero-order chi connectivity index (χ0) is 13.8. The second-order valence-corrected chi connectivity index (χ2v) is 4.65. The van der Waals surface area contributed by atoms with Crippen molar-refractivity contribution in [1.82, 2.24) is 4.90 Å². The maximum absolute atomic E-state index is 12.3. The van der Waals surface area contributed by atoms with Gasteiger partial charge in [-0.05, 0) is 24.1 Å². The Hall–Kier alpha value is -1.11. The van der Waals surface area contributed by atoms with Crippen LogP contribution in [0.3, 0.4) is 0 Å². The Kier molecular flexibility index (Phi) is 6.45. The Labute approximate surface area is 123 Å². The maximum atomic E-state index is 12.3. The van der Waals surface area contributed by atoms with Crippen molar-refractivity contribution in [3.63, 3.8) is 0 Å². The fraction of sp³-hybridized carbons (Fsp3) is 0.538. The molecule has 2 rings (SSSR count). The molecule has 1 saturated heterocycles. The summed E-state index contributed by atoms with van der Waals surface area (Å²) in [6.07, 6.45) is 0.969. The van der Waals surface area contributed by atoms with Crippen molar-refractivity contribution >= 4 is 12.4 Å². The van der Waals surface area contributed by atoms with Crippen molar-refractivity contribution in [3.05, 3.63) is 23.8 Å². The first kappa shape index (κ1) is 16.9. The van der Waals surface area contributed by atoms with Gasteiger partial charge < -0.3 is 15.2 Å². The van der Waals surface area contributed by atoms with Gasteiger partial charge >= 0.3 is 6.61 Å². The molecule has 114 valence electrons. The van der Waals surface area contributed by atoms with Gasteiger partial charge in [-0.15, -0.1) is 12.4 Å². The molecule has 20 heavy (non-hydrogen) atoms. The smallest absolute Gasteiger partial charge is 0.387 e. The van der Waals surface area contributed by atoms with Gasteiger partial charge in [0.25, 0.3) is 0 Å². The van der Waals surface area contributed by atoms with E-state index in [0.29, 0.717) is 12.3 Å². The van der Waals surface area contributed by atoms with Crippen molar-refractivity contribution in [2.75, 3.05) is 20.2 Å². The number of rotatable bonds is 5. The van der Waals surface area contributed by atoms with Crippen LogP contribution in [0.2, 0.25) is 0 Å². The second-order valence-electron chi connectivity index (χ2n) is 4.65. The molecular formula is C13H19ClF2N2O2. The molecule has 0 radical (unpaired) electrons. The summed E-state index contributed by atoms with van der Waals surface area (Å²) in [4.78, 5) is 2.19. The fourth-order valence-electron chi connectivity index (χ4n) is 2.27. The summed E-state index contributed by atoms with van der Waals surface area (Å²) in [5.74, 6) is 0.376. The molecule has 0 aromatic heterocycles. The molecule has 0 bridgehead atoms. The molecule has 2 N–H and O–H groups in total. The number of alkyl halides is 2. The molecule has 0 saturated carbocycles. The predicted molar refractivity (Wildman–Crippen MR) is 74.7 cm³/mol. The van der Waals surface area contributed by atoms with Gasteiger partial charge in [0.05, 0.1) is 7.11 Å². The van der Waals surface area contributed by atoms with Crippen LogP contribution in [0.1, 0.15) is 12.0 Å². The molecule has 1 aliphatic rings. The van der Waals surface area contributed by atoms with Crippen LogP contribution in [0.25, 0.3) is 0 Å². The number of hydrogen-bond donors (Lipinski definition) is 1. The second kappa shape index (κ2) is 7.61. The number of nitrogens with two attached hydrogens (primary N) is 1. The average molecular weight is 309 g/mol. The normalized spacial score (nSPS) is 18.9. The number of nitrogens with zero attached hydrogens (tertiary/aromatic N) is 1. The van der Waals surface area contributed by atoms with Crippen molar-refractivity contribution in [2.24, 2.45) is 5.73 Å². The van der Waals surface area contributed by atoms with Gasteiger partial charge in [0.1, 0.15) is 0 Å². The van der Waals surface area contributed by atoms with Crippen molar-refractivity contribution < 1.29 is 18.3 Å². The summed E-state index contributed by atoms with van der Waals surface area (Å²) in [5.41, 5.74) is 6.74. The maximum Gasteiger partial charge on any atom is 0.387 e. The first-order chi connectivity index (χ1) is 9.08. The van der Waals surface area contributed by atoms with Gasteiger partial charge in [-0.3, -0.25) is 4.90 Å². The number of methoxy groups -OCH3 is 1. The predicted octanol–water partition coefficient (Wildman–Crippen LogP) is 2.25. The van der Waals surface area contributed by atoms with Crippen molar-refractivity contribution in [2.45, 2.75) is 25.6 Å². The highest BCUT2D eigenvalue weighted by atomic mass is 35.5. The summed E-state index contributed by atoms with van der Waals surface area (Å²) in [7, 11) is 1.42. The van der Waals surface area contributed by atoms with Crippen molar-refractivity contribution in [3.8, 4) is 11.5 Å². The Bertz CT molecular complexity index is 435. The van der Waals surface area contributed by atoms with Gasteiger partial charge in [0.15, 0.2) is 11.5 Å². The molecule has 1 atom stereocenters. The van der Waals surface area contributed by atoms with Crippen LogP contribution >= 0.6 is 12.4 Å². The minimum atomic E-state index is -2.86. The molecule has 4 nitrogen and oxygen atoms in total. The number of benzene rings is 1. The lowest BCUT2D eigenvalue weighted by Gasteiger charge is -2.17. The third-order valence-corrected chi connectivity index (χ3v) is 3.16. The van der Waals surface area contributed by atoms with E-state index in [1.54, 1.807) is 12.1 Å². The van der Waals surface area contributed by atoms with Gasteiger partial charge in [-0.25, -0.2) is 0 Å². The Morgan fingerprint density at radius 3 is 2.70 bits per heavy atom. The molecule has 7 heteroatoms. The minimum Gasteiger partial charge on any atom is -0.493 e.